The van der Waals surface area contributed by atoms with E-state index in [0.29, 0.717) is 4.88 Å². The van der Waals surface area contributed by atoms with Crippen LogP contribution in [0.4, 0.5) is 10.1 Å². The number of nitrogens with one attached hydrogen (secondary N) is 1. The Bertz CT molecular complexity index is 568. The Labute approximate surface area is 101 Å². The fourth-order valence-corrected chi connectivity index (χ4v) is 1.93. The van der Waals surface area contributed by atoms with E-state index in [1.165, 1.54) is 29.7 Å². The van der Waals surface area contributed by atoms with Crippen molar-refractivity contribution in [3.63, 3.8) is 0 Å². The second-order valence-electron chi connectivity index (χ2n) is 3.36. The van der Waals surface area contributed by atoms with Gasteiger partial charge in [0.15, 0.2) is 0 Å². The second-order valence-corrected chi connectivity index (χ2v) is 4.60. The molecule has 0 unspecified atom stereocenters. The molecule has 6 heteroatoms. The number of phenols is 1. The molecule has 0 fully saturated rings. The van der Waals surface area contributed by atoms with Crippen LogP contribution in [0, 0.1) is 12.7 Å². The largest absolute Gasteiger partial charge is 0.508 e. The summed E-state index contributed by atoms with van der Waals surface area (Å²) in [4.78, 5) is 16.0. The van der Waals surface area contributed by atoms with E-state index >= 15 is 0 Å². The Balaban J connectivity index is 2.18. The molecule has 0 aliphatic carbocycles. The van der Waals surface area contributed by atoms with E-state index in [9.17, 15) is 9.18 Å². The molecule has 1 heterocycles. The van der Waals surface area contributed by atoms with Crippen molar-refractivity contribution < 1.29 is 14.3 Å². The lowest BCUT2D eigenvalue weighted by Crippen LogP contribution is -2.11. The van der Waals surface area contributed by atoms with Crippen LogP contribution in [0.3, 0.4) is 0 Å². The van der Waals surface area contributed by atoms with Gasteiger partial charge in [0.2, 0.25) is 0 Å². The third-order valence-electron chi connectivity index (χ3n) is 2.05. The summed E-state index contributed by atoms with van der Waals surface area (Å²) < 4.78 is 13.3. The first-order valence-electron chi connectivity index (χ1n) is 4.78. The lowest BCUT2D eigenvalue weighted by atomic mass is 10.3. The van der Waals surface area contributed by atoms with Crippen molar-refractivity contribution >= 4 is 22.9 Å². The van der Waals surface area contributed by atoms with Gasteiger partial charge in [-0.2, -0.15) is 0 Å². The van der Waals surface area contributed by atoms with Gasteiger partial charge in [0.05, 0.1) is 16.9 Å². The molecule has 0 saturated carbocycles. The van der Waals surface area contributed by atoms with Crippen molar-refractivity contribution in [2.75, 3.05) is 5.32 Å². The monoisotopic (exact) mass is 252 g/mol. The molecule has 2 N–H and O–H groups in total. The van der Waals surface area contributed by atoms with Gasteiger partial charge in [-0.05, 0) is 19.1 Å². The van der Waals surface area contributed by atoms with Gasteiger partial charge < -0.3 is 10.4 Å². The van der Waals surface area contributed by atoms with Crippen molar-refractivity contribution in [1.29, 1.82) is 0 Å². The zero-order valence-corrected chi connectivity index (χ0v) is 9.71. The minimum absolute atomic E-state index is 0.0267. The van der Waals surface area contributed by atoms with Gasteiger partial charge in [-0.3, -0.25) is 4.79 Å². The average Bonchev–Trinajstić information content (AvgIpc) is 2.69. The number of rotatable bonds is 2. The number of phenolic OH excluding ortho intramolecular Hbond substituents is 1. The number of carbonyl (C=O) groups excluding carboxylic acids is 1. The third kappa shape index (κ3) is 2.59. The SMILES string of the molecule is Cc1ncc(C(=O)Nc2ccc(O)cc2F)s1. The van der Waals surface area contributed by atoms with Crippen molar-refractivity contribution in [3.8, 4) is 5.75 Å². The maximum absolute atomic E-state index is 13.3. The highest BCUT2D eigenvalue weighted by atomic mass is 32.1. The molecule has 0 bridgehead atoms. The van der Waals surface area contributed by atoms with E-state index in [4.69, 9.17) is 5.11 Å². The highest BCUT2D eigenvalue weighted by Gasteiger charge is 2.11. The highest BCUT2D eigenvalue weighted by Crippen LogP contribution is 2.21. The summed E-state index contributed by atoms with van der Waals surface area (Å²) >= 11 is 1.23. The van der Waals surface area contributed by atoms with Gasteiger partial charge >= 0.3 is 0 Å². The van der Waals surface area contributed by atoms with Crippen LogP contribution in [0.15, 0.2) is 24.4 Å². The maximum atomic E-state index is 13.3. The number of hydrogen-bond donors (Lipinski definition) is 2. The first-order chi connectivity index (χ1) is 8.06. The molecule has 0 radical (unpaired) electrons. The number of aromatic nitrogens is 1. The molecule has 1 aromatic heterocycles. The highest BCUT2D eigenvalue weighted by molar-refractivity contribution is 7.13. The zero-order chi connectivity index (χ0) is 12.4. The van der Waals surface area contributed by atoms with Crippen molar-refractivity contribution in [2.45, 2.75) is 6.92 Å². The van der Waals surface area contributed by atoms with E-state index in [1.54, 1.807) is 6.92 Å². The fraction of sp³-hybridized carbons (Fsp3) is 0.0909. The number of nitrogens with zero attached hydrogens (tertiary/aromatic N) is 1. The van der Waals surface area contributed by atoms with Crippen molar-refractivity contribution in [1.82, 2.24) is 4.98 Å². The average molecular weight is 252 g/mol. The summed E-state index contributed by atoms with van der Waals surface area (Å²) in [7, 11) is 0. The Hall–Kier alpha value is -1.95. The molecule has 17 heavy (non-hydrogen) atoms. The maximum Gasteiger partial charge on any atom is 0.267 e. The topological polar surface area (TPSA) is 62.2 Å². The molecule has 0 saturated heterocycles. The molecular formula is C11H9FN2O2S. The summed E-state index contributed by atoms with van der Waals surface area (Å²) in [6, 6.07) is 3.54. The van der Waals surface area contributed by atoms with Gasteiger partial charge in [-0.15, -0.1) is 11.3 Å². The van der Waals surface area contributed by atoms with Crippen LogP contribution in [-0.4, -0.2) is 16.0 Å². The molecule has 2 aromatic rings. The first-order valence-corrected chi connectivity index (χ1v) is 5.60. The number of carbonyl (C=O) groups is 1. The third-order valence-corrected chi connectivity index (χ3v) is 2.96. The predicted molar refractivity (Wildman–Crippen MR) is 62.9 cm³/mol. The molecule has 4 nitrogen and oxygen atoms in total. The van der Waals surface area contributed by atoms with Gasteiger partial charge in [-0.25, -0.2) is 9.37 Å². The quantitative estimate of drug-likeness (QED) is 0.807. The van der Waals surface area contributed by atoms with E-state index < -0.39 is 11.7 Å². The number of aromatic hydroxyl groups is 1. The van der Waals surface area contributed by atoms with E-state index in [1.807, 2.05) is 0 Å². The normalized spacial score (nSPS) is 10.2. The molecule has 0 atom stereocenters. The Kier molecular flexibility index (Phi) is 3.06. The van der Waals surface area contributed by atoms with Crippen LogP contribution in [-0.2, 0) is 0 Å². The van der Waals surface area contributed by atoms with Crippen LogP contribution in [0.1, 0.15) is 14.7 Å². The lowest BCUT2D eigenvalue weighted by Gasteiger charge is -2.04. The van der Waals surface area contributed by atoms with Gasteiger partial charge in [0, 0.05) is 6.07 Å². The first kappa shape index (κ1) is 11.5. The standard InChI is InChI=1S/C11H9FN2O2S/c1-6-13-5-10(17-6)11(16)14-9-3-2-7(15)4-8(9)12/h2-5,15H,1H3,(H,14,16). The van der Waals surface area contributed by atoms with Gasteiger partial charge in [0.25, 0.3) is 5.91 Å². The van der Waals surface area contributed by atoms with E-state index in [2.05, 4.69) is 10.3 Å². The number of aryl methyl sites for hydroxylation is 1. The Morgan fingerprint density at radius 1 is 1.53 bits per heavy atom. The number of thiazole rings is 1. The molecule has 0 aliphatic rings. The van der Waals surface area contributed by atoms with Crippen LogP contribution in [0.2, 0.25) is 0 Å². The molecule has 0 aliphatic heterocycles. The van der Waals surface area contributed by atoms with Gasteiger partial charge in [-0.1, -0.05) is 0 Å². The molecule has 1 amide bonds. The minimum Gasteiger partial charge on any atom is -0.508 e. The summed E-state index contributed by atoms with van der Waals surface area (Å²) in [5.74, 6) is -1.28. The van der Waals surface area contributed by atoms with E-state index in [0.717, 1.165) is 11.1 Å². The Morgan fingerprint density at radius 2 is 2.29 bits per heavy atom. The number of anilines is 1. The van der Waals surface area contributed by atoms with E-state index in [-0.39, 0.29) is 11.4 Å². The lowest BCUT2D eigenvalue weighted by molar-refractivity contribution is 0.103. The van der Waals surface area contributed by atoms with Crippen LogP contribution < -0.4 is 5.32 Å². The molecule has 0 spiro atoms. The summed E-state index contributed by atoms with van der Waals surface area (Å²) in [5.41, 5.74) is 0.0267. The summed E-state index contributed by atoms with van der Waals surface area (Å²) in [6.45, 7) is 1.78. The zero-order valence-electron chi connectivity index (χ0n) is 8.90. The van der Waals surface area contributed by atoms with Crippen LogP contribution in [0.25, 0.3) is 0 Å². The molecule has 1 aromatic carbocycles. The molecule has 88 valence electrons. The molecule has 2 rings (SSSR count). The molecular weight excluding hydrogens is 243 g/mol. The number of amides is 1. The number of halogens is 1. The smallest absolute Gasteiger partial charge is 0.267 e. The van der Waals surface area contributed by atoms with Gasteiger partial charge in [0.1, 0.15) is 16.4 Å². The number of hydrogen-bond acceptors (Lipinski definition) is 4. The van der Waals surface area contributed by atoms with Crippen LogP contribution >= 0.6 is 11.3 Å². The predicted octanol–water partition coefficient (Wildman–Crippen LogP) is 2.55. The van der Waals surface area contributed by atoms with Crippen molar-refractivity contribution in [2.24, 2.45) is 0 Å². The van der Waals surface area contributed by atoms with Crippen molar-refractivity contribution in [3.05, 3.63) is 40.1 Å². The summed E-state index contributed by atoms with van der Waals surface area (Å²) in [5, 5.41) is 12.2. The fourth-order valence-electron chi connectivity index (χ4n) is 1.26. The summed E-state index contributed by atoms with van der Waals surface area (Å²) in [6.07, 6.45) is 1.44. The second kappa shape index (κ2) is 4.50. The minimum atomic E-state index is -0.681. The number of benzene rings is 1. The van der Waals surface area contributed by atoms with Crippen LogP contribution in [0.5, 0.6) is 5.75 Å². The Morgan fingerprint density at radius 3 is 2.88 bits per heavy atom.